The third-order valence-corrected chi connectivity index (χ3v) is 3.24. The molecule has 3 heteroatoms. The van der Waals surface area contributed by atoms with Gasteiger partial charge in [-0.3, -0.25) is 9.69 Å². The molecule has 88 valence electrons. The minimum absolute atomic E-state index is 0.196. The first-order valence-corrected chi connectivity index (χ1v) is 6.05. The smallest absolute Gasteiger partial charge is 0.146 e. The lowest BCUT2D eigenvalue weighted by Gasteiger charge is -2.32. The van der Waals surface area contributed by atoms with E-state index in [-0.39, 0.29) is 6.10 Å². The second-order valence-corrected chi connectivity index (χ2v) is 4.64. The third kappa shape index (κ3) is 4.31. The first kappa shape index (κ1) is 12.7. The fraction of sp³-hybridized carbons (Fsp3) is 0.917. The molecular weight excluding hydrogens is 190 g/mol. The number of Topliss-reactive ketones (excluding diaryl/α,β-unsaturated/α-hetero) is 1. The molecule has 1 unspecified atom stereocenters. The van der Waals surface area contributed by atoms with E-state index in [2.05, 4.69) is 4.90 Å². The molecule has 0 spiro atoms. The Morgan fingerprint density at radius 2 is 2.07 bits per heavy atom. The molecule has 0 bridgehead atoms. The van der Waals surface area contributed by atoms with E-state index in [9.17, 15) is 9.90 Å². The molecule has 1 aliphatic heterocycles. The van der Waals surface area contributed by atoms with Gasteiger partial charge in [0.15, 0.2) is 0 Å². The number of aliphatic hydroxyl groups excluding tert-OH is 1. The van der Waals surface area contributed by atoms with Gasteiger partial charge in [-0.15, -0.1) is 0 Å². The minimum Gasteiger partial charge on any atom is -0.393 e. The Morgan fingerprint density at radius 3 is 2.53 bits per heavy atom. The van der Waals surface area contributed by atoms with Gasteiger partial charge in [-0.05, 0) is 45.2 Å². The quantitative estimate of drug-likeness (QED) is 0.751. The van der Waals surface area contributed by atoms with Crippen LogP contribution < -0.4 is 0 Å². The van der Waals surface area contributed by atoms with Gasteiger partial charge in [0.2, 0.25) is 0 Å². The van der Waals surface area contributed by atoms with Crippen molar-refractivity contribution in [2.45, 2.75) is 45.6 Å². The lowest BCUT2D eigenvalue weighted by atomic mass is 9.92. The maximum absolute atomic E-state index is 11.4. The molecule has 1 fully saturated rings. The molecule has 0 aromatic heterocycles. The van der Waals surface area contributed by atoms with Crippen molar-refractivity contribution in [3.8, 4) is 0 Å². The number of carbonyl (C=O) groups is 1. The molecule has 0 radical (unpaired) electrons. The molecule has 1 rings (SSSR count). The summed E-state index contributed by atoms with van der Waals surface area (Å²) in [7, 11) is 0. The van der Waals surface area contributed by atoms with Gasteiger partial charge in [-0.2, -0.15) is 0 Å². The zero-order chi connectivity index (χ0) is 11.3. The van der Waals surface area contributed by atoms with Gasteiger partial charge in [0.25, 0.3) is 0 Å². The van der Waals surface area contributed by atoms with Crippen molar-refractivity contribution in [3.63, 3.8) is 0 Å². The van der Waals surface area contributed by atoms with E-state index in [1.54, 1.807) is 0 Å². The summed E-state index contributed by atoms with van der Waals surface area (Å²) in [6.45, 7) is 6.44. The van der Waals surface area contributed by atoms with Gasteiger partial charge in [0.1, 0.15) is 5.78 Å². The van der Waals surface area contributed by atoms with E-state index < -0.39 is 0 Å². The van der Waals surface area contributed by atoms with E-state index in [1.807, 2.05) is 13.8 Å². The summed E-state index contributed by atoms with van der Waals surface area (Å²) in [4.78, 5) is 13.7. The van der Waals surface area contributed by atoms with Gasteiger partial charge < -0.3 is 5.11 Å². The Balaban J connectivity index is 2.22. The van der Waals surface area contributed by atoms with E-state index in [4.69, 9.17) is 0 Å². The van der Waals surface area contributed by atoms with Gasteiger partial charge in [-0.1, -0.05) is 6.92 Å². The highest BCUT2D eigenvalue weighted by Crippen LogP contribution is 2.20. The van der Waals surface area contributed by atoms with Crippen molar-refractivity contribution in [3.05, 3.63) is 0 Å². The van der Waals surface area contributed by atoms with Gasteiger partial charge >= 0.3 is 0 Å². The van der Waals surface area contributed by atoms with Crippen LogP contribution in [0.25, 0.3) is 0 Å². The van der Waals surface area contributed by atoms with E-state index in [0.29, 0.717) is 24.7 Å². The largest absolute Gasteiger partial charge is 0.393 e. The van der Waals surface area contributed by atoms with Gasteiger partial charge in [0.05, 0.1) is 12.6 Å². The van der Waals surface area contributed by atoms with Crippen molar-refractivity contribution in [1.82, 2.24) is 4.90 Å². The average Bonchev–Trinajstić information content (AvgIpc) is 2.18. The Kier molecular flexibility index (Phi) is 5.26. The van der Waals surface area contributed by atoms with Gasteiger partial charge in [0, 0.05) is 6.42 Å². The Hall–Kier alpha value is -0.410. The van der Waals surface area contributed by atoms with Crippen molar-refractivity contribution >= 4 is 5.78 Å². The van der Waals surface area contributed by atoms with Crippen molar-refractivity contribution < 1.29 is 9.90 Å². The Bertz CT molecular complexity index is 196. The second kappa shape index (κ2) is 6.23. The highest BCUT2D eigenvalue weighted by Gasteiger charge is 2.23. The van der Waals surface area contributed by atoms with Gasteiger partial charge in [-0.25, -0.2) is 0 Å². The molecule has 15 heavy (non-hydrogen) atoms. The highest BCUT2D eigenvalue weighted by molar-refractivity contribution is 5.80. The molecule has 0 saturated carbocycles. The maximum atomic E-state index is 11.4. The van der Waals surface area contributed by atoms with Crippen LogP contribution in [0.2, 0.25) is 0 Å². The molecule has 0 aromatic rings. The molecule has 1 saturated heterocycles. The number of ketones is 1. The Morgan fingerprint density at radius 1 is 1.47 bits per heavy atom. The van der Waals surface area contributed by atoms with E-state index >= 15 is 0 Å². The van der Waals surface area contributed by atoms with Crippen LogP contribution in [0.5, 0.6) is 0 Å². The number of likely N-dealkylation sites (tertiary alicyclic amines) is 1. The summed E-state index contributed by atoms with van der Waals surface area (Å²) < 4.78 is 0. The number of hydrogen-bond acceptors (Lipinski definition) is 3. The second-order valence-electron chi connectivity index (χ2n) is 4.64. The highest BCUT2D eigenvalue weighted by atomic mass is 16.3. The molecule has 3 nitrogen and oxygen atoms in total. The average molecular weight is 213 g/mol. The number of nitrogens with zero attached hydrogens (tertiary/aromatic N) is 1. The summed E-state index contributed by atoms with van der Waals surface area (Å²) in [6, 6.07) is 0. The summed E-state index contributed by atoms with van der Waals surface area (Å²) in [5.74, 6) is 0.788. The fourth-order valence-electron chi connectivity index (χ4n) is 2.20. The molecule has 0 amide bonds. The Labute approximate surface area is 92.5 Å². The number of hydrogen-bond donors (Lipinski definition) is 1. The van der Waals surface area contributed by atoms with Crippen LogP contribution in [0.4, 0.5) is 0 Å². The van der Waals surface area contributed by atoms with Crippen LogP contribution in [0.15, 0.2) is 0 Å². The first-order chi connectivity index (χ1) is 7.13. The number of rotatable bonds is 5. The summed E-state index contributed by atoms with van der Waals surface area (Å²) in [6.07, 6.45) is 3.51. The summed E-state index contributed by atoms with van der Waals surface area (Å²) in [5, 5.41) is 9.44. The number of carbonyl (C=O) groups excluding carboxylic acids is 1. The predicted octanol–water partition coefficient (Wildman–Crippen LogP) is 1.45. The molecule has 1 aliphatic rings. The van der Waals surface area contributed by atoms with Crippen molar-refractivity contribution in [1.29, 1.82) is 0 Å². The molecule has 1 atom stereocenters. The topological polar surface area (TPSA) is 40.5 Å². The minimum atomic E-state index is -0.196. The normalized spacial score (nSPS) is 21.5. The van der Waals surface area contributed by atoms with E-state index in [0.717, 1.165) is 32.4 Å². The lowest BCUT2D eigenvalue weighted by Crippen LogP contribution is -2.39. The molecule has 1 N–H and O–H groups in total. The monoisotopic (exact) mass is 213 g/mol. The van der Waals surface area contributed by atoms with Crippen molar-refractivity contribution in [2.24, 2.45) is 5.92 Å². The van der Waals surface area contributed by atoms with Crippen LogP contribution in [-0.4, -0.2) is 41.5 Å². The maximum Gasteiger partial charge on any atom is 0.146 e. The van der Waals surface area contributed by atoms with Crippen LogP contribution in [0, 0.1) is 5.92 Å². The standard InChI is InChI=1S/C12H23NO2/c1-3-4-12(15)9-13-7-5-11(6-8-13)10(2)14/h10-11,14H,3-9H2,1-2H3. The third-order valence-electron chi connectivity index (χ3n) is 3.24. The number of aliphatic hydroxyl groups is 1. The zero-order valence-electron chi connectivity index (χ0n) is 9.91. The summed E-state index contributed by atoms with van der Waals surface area (Å²) in [5.41, 5.74) is 0. The van der Waals surface area contributed by atoms with Crippen molar-refractivity contribution in [2.75, 3.05) is 19.6 Å². The van der Waals surface area contributed by atoms with Crippen LogP contribution in [0.3, 0.4) is 0 Å². The van der Waals surface area contributed by atoms with Crippen LogP contribution >= 0.6 is 0 Å². The van der Waals surface area contributed by atoms with Crippen LogP contribution in [0.1, 0.15) is 39.5 Å². The molecule has 0 aromatic carbocycles. The summed E-state index contributed by atoms with van der Waals surface area (Å²) >= 11 is 0. The number of piperidine rings is 1. The first-order valence-electron chi connectivity index (χ1n) is 6.05. The van der Waals surface area contributed by atoms with Crippen LogP contribution in [-0.2, 0) is 4.79 Å². The van der Waals surface area contributed by atoms with E-state index in [1.165, 1.54) is 0 Å². The zero-order valence-corrected chi connectivity index (χ0v) is 9.91. The fourth-order valence-corrected chi connectivity index (χ4v) is 2.20. The molecular formula is C12H23NO2. The predicted molar refractivity (Wildman–Crippen MR) is 60.8 cm³/mol. The SMILES string of the molecule is CCCC(=O)CN1CCC(C(C)O)CC1. The molecule has 1 heterocycles. The molecule has 0 aliphatic carbocycles. The lowest BCUT2D eigenvalue weighted by molar-refractivity contribution is -0.120.